The standard InChI is InChI=1S/C26H32BP/c1-3-5-21-27(22-6-4-2)25-19-13-14-20-26(25)28(23-15-9-7-10-16-23)24-17-11-8-12-18-24/h7-20H,3-6,21-22H2,1-2H3. The number of hydrogen-bond acceptors (Lipinski definition) is 0. The zero-order valence-corrected chi connectivity index (χ0v) is 18.2. The van der Waals surface area contributed by atoms with E-state index in [1.165, 1.54) is 48.9 Å². The highest BCUT2D eigenvalue weighted by Gasteiger charge is 2.24. The minimum Gasteiger partial charge on any atom is -0.0719 e. The molecular formula is C26H32BP. The minimum absolute atomic E-state index is 0.529. The highest BCUT2D eigenvalue weighted by atomic mass is 31.1. The molecule has 3 rings (SSSR count). The normalized spacial score (nSPS) is 11.0. The molecule has 0 bridgehead atoms. The van der Waals surface area contributed by atoms with E-state index in [9.17, 15) is 0 Å². The Kier molecular flexibility index (Phi) is 8.37. The van der Waals surface area contributed by atoms with Gasteiger partial charge in [0.25, 0.3) is 0 Å². The van der Waals surface area contributed by atoms with E-state index < -0.39 is 7.92 Å². The van der Waals surface area contributed by atoms with Crippen molar-refractivity contribution >= 4 is 36.0 Å². The van der Waals surface area contributed by atoms with Gasteiger partial charge in [0.15, 0.2) is 6.71 Å². The molecular weight excluding hydrogens is 354 g/mol. The second-order valence-corrected chi connectivity index (χ2v) is 9.73. The summed E-state index contributed by atoms with van der Waals surface area (Å²) in [4.78, 5) is 0. The van der Waals surface area contributed by atoms with Crippen molar-refractivity contribution in [2.24, 2.45) is 0 Å². The van der Waals surface area contributed by atoms with Crippen LogP contribution in [0.25, 0.3) is 0 Å². The molecule has 0 aliphatic carbocycles. The summed E-state index contributed by atoms with van der Waals surface area (Å²) in [5.41, 5.74) is 1.59. The molecule has 0 saturated heterocycles. The largest absolute Gasteiger partial charge is 0.176 e. The van der Waals surface area contributed by atoms with Gasteiger partial charge in [-0.15, -0.1) is 0 Å². The summed E-state index contributed by atoms with van der Waals surface area (Å²) in [5.74, 6) is 0. The molecule has 0 heterocycles. The SMILES string of the molecule is CCCCB(CCCC)c1ccccc1P(c1ccccc1)c1ccccc1. The Morgan fingerprint density at radius 3 is 1.57 bits per heavy atom. The van der Waals surface area contributed by atoms with Gasteiger partial charge in [-0.05, 0) is 23.8 Å². The van der Waals surface area contributed by atoms with Crippen LogP contribution in [-0.2, 0) is 0 Å². The molecule has 28 heavy (non-hydrogen) atoms. The van der Waals surface area contributed by atoms with Crippen LogP contribution in [0.4, 0.5) is 0 Å². The van der Waals surface area contributed by atoms with Crippen LogP contribution < -0.4 is 21.4 Å². The quantitative estimate of drug-likeness (QED) is 0.308. The smallest absolute Gasteiger partial charge is 0.0719 e. The van der Waals surface area contributed by atoms with Crippen molar-refractivity contribution < 1.29 is 0 Å². The van der Waals surface area contributed by atoms with Crippen molar-refractivity contribution in [1.29, 1.82) is 0 Å². The van der Waals surface area contributed by atoms with Crippen molar-refractivity contribution in [2.45, 2.75) is 52.2 Å². The minimum atomic E-state index is -0.529. The van der Waals surface area contributed by atoms with Gasteiger partial charge in [-0.25, -0.2) is 0 Å². The van der Waals surface area contributed by atoms with Crippen LogP contribution in [0.3, 0.4) is 0 Å². The van der Waals surface area contributed by atoms with E-state index in [-0.39, 0.29) is 0 Å². The Hall–Kier alpha value is -1.85. The predicted octanol–water partition coefficient (Wildman–Crippen LogP) is 5.75. The summed E-state index contributed by atoms with van der Waals surface area (Å²) < 4.78 is 0. The van der Waals surface area contributed by atoms with Crippen LogP contribution in [0.1, 0.15) is 39.5 Å². The topological polar surface area (TPSA) is 0 Å². The maximum Gasteiger partial charge on any atom is 0.176 e. The molecule has 2 heteroatoms. The summed E-state index contributed by atoms with van der Waals surface area (Å²) in [6, 6.07) is 31.5. The molecule has 0 amide bonds. The van der Waals surface area contributed by atoms with Crippen molar-refractivity contribution in [1.82, 2.24) is 0 Å². The zero-order valence-electron chi connectivity index (χ0n) is 17.4. The van der Waals surface area contributed by atoms with E-state index in [0.29, 0.717) is 6.71 Å². The lowest BCUT2D eigenvalue weighted by Gasteiger charge is -2.25. The van der Waals surface area contributed by atoms with E-state index >= 15 is 0 Å². The maximum absolute atomic E-state index is 2.41. The number of benzene rings is 3. The van der Waals surface area contributed by atoms with Gasteiger partial charge in [0.05, 0.1) is 0 Å². The Morgan fingerprint density at radius 1 is 0.607 bits per heavy atom. The third-order valence-electron chi connectivity index (χ3n) is 5.46. The van der Waals surface area contributed by atoms with Crippen LogP contribution in [0, 0.1) is 0 Å². The number of rotatable bonds is 10. The van der Waals surface area contributed by atoms with Gasteiger partial charge < -0.3 is 0 Å². The first-order valence-corrected chi connectivity index (χ1v) is 12.2. The third kappa shape index (κ3) is 5.36. The summed E-state index contributed by atoms with van der Waals surface area (Å²) in [6.45, 7) is 5.29. The van der Waals surface area contributed by atoms with Gasteiger partial charge in [-0.1, -0.05) is 143 Å². The molecule has 0 nitrogen and oxygen atoms in total. The molecule has 3 aromatic carbocycles. The molecule has 0 atom stereocenters. The Bertz CT molecular complexity index is 769. The average Bonchev–Trinajstić information content (AvgIpc) is 2.76. The molecule has 3 aromatic rings. The van der Waals surface area contributed by atoms with Crippen molar-refractivity contribution in [3.63, 3.8) is 0 Å². The van der Waals surface area contributed by atoms with Gasteiger partial charge >= 0.3 is 0 Å². The first-order chi connectivity index (χ1) is 13.8. The average molecular weight is 386 g/mol. The number of hydrogen-bond donors (Lipinski definition) is 0. The van der Waals surface area contributed by atoms with Crippen LogP contribution in [0.2, 0.25) is 12.6 Å². The van der Waals surface area contributed by atoms with Gasteiger partial charge in [0, 0.05) is 0 Å². The lowest BCUT2D eigenvalue weighted by Crippen LogP contribution is -2.42. The maximum atomic E-state index is 2.41. The highest BCUT2D eigenvalue weighted by Crippen LogP contribution is 2.32. The molecule has 0 unspecified atom stereocenters. The van der Waals surface area contributed by atoms with Gasteiger partial charge in [-0.3, -0.25) is 0 Å². The van der Waals surface area contributed by atoms with Crippen LogP contribution >= 0.6 is 7.92 Å². The molecule has 0 spiro atoms. The summed E-state index contributed by atoms with van der Waals surface area (Å²) in [6.07, 6.45) is 7.79. The molecule has 0 fully saturated rings. The fourth-order valence-electron chi connectivity index (χ4n) is 3.97. The third-order valence-corrected chi connectivity index (χ3v) is 7.98. The van der Waals surface area contributed by atoms with E-state index in [2.05, 4.69) is 98.8 Å². The van der Waals surface area contributed by atoms with Crippen molar-refractivity contribution in [3.05, 3.63) is 84.9 Å². The van der Waals surface area contributed by atoms with Crippen LogP contribution in [0.5, 0.6) is 0 Å². The van der Waals surface area contributed by atoms with Gasteiger partial charge in [0.1, 0.15) is 0 Å². The Balaban J connectivity index is 2.08. The first kappa shape index (κ1) is 20.9. The fraction of sp³-hybridized carbons (Fsp3) is 0.308. The van der Waals surface area contributed by atoms with Gasteiger partial charge in [-0.2, -0.15) is 0 Å². The zero-order chi connectivity index (χ0) is 19.6. The summed E-state index contributed by atoms with van der Waals surface area (Å²) in [7, 11) is -0.529. The van der Waals surface area contributed by atoms with Crippen LogP contribution in [0.15, 0.2) is 84.9 Å². The lowest BCUT2D eigenvalue weighted by atomic mass is 9.39. The molecule has 0 aliphatic rings. The molecule has 0 N–H and O–H groups in total. The molecule has 0 saturated carbocycles. The number of unbranched alkanes of at least 4 members (excludes halogenated alkanes) is 2. The van der Waals surface area contributed by atoms with E-state index in [1.807, 2.05) is 0 Å². The fourth-order valence-corrected chi connectivity index (χ4v) is 6.52. The summed E-state index contributed by atoms with van der Waals surface area (Å²) in [5, 5.41) is 4.44. The first-order valence-electron chi connectivity index (χ1n) is 10.8. The van der Waals surface area contributed by atoms with Crippen molar-refractivity contribution in [3.8, 4) is 0 Å². The molecule has 0 aromatic heterocycles. The Labute approximate surface area is 173 Å². The summed E-state index contributed by atoms with van der Waals surface area (Å²) >= 11 is 0. The van der Waals surface area contributed by atoms with E-state index in [1.54, 1.807) is 10.8 Å². The van der Waals surface area contributed by atoms with E-state index in [4.69, 9.17) is 0 Å². The second-order valence-electron chi connectivity index (χ2n) is 7.55. The monoisotopic (exact) mass is 386 g/mol. The highest BCUT2D eigenvalue weighted by molar-refractivity contribution is 7.80. The predicted molar refractivity (Wildman–Crippen MR) is 130 cm³/mol. The van der Waals surface area contributed by atoms with Crippen LogP contribution in [-0.4, -0.2) is 6.71 Å². The van der Waals surface area contributed by atoms with E-state index in [0.717, 1.165) is 0 Å². The second kappa shape index (κ2) is 11.2. The lowest BCUT2D eigenvalue weighted by molar-refractivity contribution is 0.845. The van der Waals surface area contributed by atoms with Crippen molar-refractivity contribution in [2.75, 3.05) is 0 Å². The van der Waals surface area contributed by atoms with Gasteiger partial charge in [0.2, 0.25) is 0 Å². The molecule has 144 valence electrons. The Morgan fingerprint density at radius 2 is 1.07 bits per heavy atom. The molecule has 0 aliphatic heterocycles. The molecule has 0 radical (unpaired) electrons.